The van der Waals surface area contributed by atoms with Crippen LogP contribution in [-0.2, 0) is 19.1 Å². The summed E-state index contributed by atoms with van der Waals surface area (Å²) in [6, 6.07) is 0. The predicted octanol–water partition coefficient (Wildman–Crippen LogP) is 1.83. The zero-order chi connectivity index (χ0) is 22.0. The average molecular weight is 417 g/mol. The summed E-state index contributed by atoms with van der Waals surface area (Å²) < 4.78 is 11.1. The van der Waals surface area contributed by atoms with Crippen molar-refractivity contribution in [1.82, 2.24) is 0 Å². The van der Waals surface area contributed by atoms with Crippen LogP contribution in [0.3, 0.4) is 0 Å². The molecule has 2 aliphatic heterocycles. The lowest BCUT2D eigenvalue weighted by molar-refractivity contribution is -0.151. The molecule has 2 heterocycles. The third-order valence-corrected chi connectivity index (χ3v) is 7.64. The highest BCUT2D eigenvalue weighted by Gasteiger charge is 2.74. The Bertz CT molecular complexity index is 873. The molecule has 5 aliphatic rings. The van der Waals surface area contributed by atoms with Crippen molar-refractivity contribution in [3.8, 4) is 0 Å². The average Bonchev–Trinajstić information content (AvgIpc) is 3.51. The standard InChI is InChI=1S/C24H32O6/c1-22(2,3)7-8-24-11(23(4,5)6)9-10-12(15(26)18-17(29-18)14(10)25)13(24)16(27)19-20(30-19)21(24)28/h7-9,11-13,15-20,26-27H,1-6H3/b8-7+/t11-,12-,13-,15-,16-,17-,18+,19+,20+,24?/m1/s1. The van der Waals surface area contributed by atoms with E-state index in [9.17, 15) is 19.8 Å². The molecule has 164 valence electrons. The summed E-state index contributed by atoms with van der Waals surface area (Å²) >= 11 is 0. The summed E-state index contributed by atoms with van der Waals surface area (Å²) in [5, 5.41) is 22.5. The summed E-state index contributed by atoms with van der Waals surface area (Å²) in [6.45, 7) is 12.3. The highest BCUT2D eigenvalue weighted by molar-refractivity contribution is 6.04. The van der Waals surface area contributed by atoms with Gasteiger partial charge in [-0.3, -0.25) is 9.59 Å². The SMILES string of the molecule is CC(C)(C)/C=C/C12C(=O)[C@H]3O[C@H]3[C@H](O)[C@H]1[C@H]1C(=C[C@@H]2C(C)(C)C)C(=O)[C@H]2O[C@H]2[C@@H]1O. The number of carbonyl (C=O) groups excluding carboxylic acids is 2. The van der Waals surface area contributed by atoms with Crippen molar-refractivity contribution in [3.05, 3.63) is 23.8 Å². The number of rotatable bonds is 1. The molecule has 5 rings (SSSR count). The van der Waals surface area contributed by atoms with Crippen LogP contribution >= 0.6 is 0 Å². The molecule has 0 bridgehead atoms. The second kappa shape index (κ2) is 5.91. The molecular weight excluding hydrogens is 384 g/mol. The van der Waals surface area contributed by atoms with Crippen molar-refractivity contribution in [3.63, 3.8) is 0 Å². The monoisotopic (exact) mass is 416 g/mol. The number of ketones is 2. The minimum Gasteiger partial charge on any atom is -0.390 e. The van der Waals surface area contributed by atoms with Gasteiger partial charge in [-0.1, -0.05) is 59.8 Å². The number of hydrogen-bond donors (Lipinski definition) is 2. The molecule has 0 aromatic heterocycles. The molecule has 3 aliphatic carbocycles. The predicted molar refractivity (Wildman–Crippen MR) is 108 cm³/mol. The first-order chi connectivity index (χ1) is 13.8. The number of epoxide rings is 2. The Balaban J connectivity index is 1.77. The van der Waals surface area contributed by atoms with Crippen LogP contribution in [-0.4, -0.2) is 58.4 Å². The van der Waals surface area contributed by atoms with Crippen LogP contribution < -0.4 is 0 Å². The molecule has 0 amide bonds. The van der Waals surface area contributed by atoms with Crippen molar-refractivity contribution in [2.24, 2.45) is 34.0 Å². The fourth-order valence-corrected chi connectivity index (χ4v) is 6.24. The summed E-state index contributed by atoms with van der Waals surface area (Å²) in [5.74, 6) is -1.76. The maximum Gasteiger partial charge on any atom is 0.190 e. The molecule has 0 aromatic rings. The lowest BCUT2D eigenvalue weighted by Gasteiger charge is -2.57. The fourth-order valence-electron chi connectivity index (χ4n) is 6.24. The van der Waals surface area contributed by atoms with Gasteiger partial charge < -0.3 is 19.7 Å². The van der Waals surface area contributed by atoms with Crippen molar-refractivity contribution in [1.29, 1.82) is 0 Å². The van der Waals surface area contributed by atoms with Crippen molar-refractivity contribution in [2.45, 2.75) is 78.2 Å². The zero-order valence-corrected chi connectivity index (χ0v) is 18.5. The van der Waals surface area contributed by atoms with Crippen LogP contribution in [0, 0.1) is 34.0 Å². The number of ether oxygens (including phenoxy) is 2. The van der Waals surface area contributed by atoms with Gasteiger partial charge in [-0.15, -0.1) is 0 Å². The van der Waals surface area contributed by atoms with E-state index >= 15 is 0 Å². The number of allylic oxidation sites excluding steroid dienone is 3. The van der Waals surface area contributed by atoms with Crippen LogP contribution in [0.5, 0.6) is 0 Å². The number of hydrogen-bond acceptors (Lipinski definition) is 6. The van der Waals surface area contributed by atoms with Gasteiger partial charge in [0.1, 0.15) is 24.4 Å². The molecule has 0 radical (unpaired) electrons. The molecule has 2 saturated heterocycles. The largest absolute Gasteiger partial charge is 0.390 e. The van der Waals surface area contributed by atoms with Crippen molar-refractivity contribution >= 4 is 11.6 Å². The van der Waals surface area contributed by atoms with Crippen LogP contribution in [0.1, 0.15) is 41.5 Å². The number of aliphatic hydroxyl groups excluding tert-OH is 2. The second-order valence-corrected chi connectivity index (χ2v) is 11.9. The van der Waals surface area contributed by atoms with Gasteiger partial charge in [0.25, 0.3) is 0 Å². The second-order valence-electron chi connectivity index (χ2n) is 11.9. The van der Waals surface area contributed by atoms with E-state index in [1.807, 2.05) is 18.2 Å². The van der Waals surface area contributed by atoms with Gasteiger partial charge in [0, 0.05) is 17.4 Å². The molecule has 0 aromatic carbocycles. The van der Waals surface area contributed by atoms with E-state index in [4.69, 9.17) is 9.47 Å². The maximum absolute atomic E-state index is 13.9. The molecule has 0 spiro atoms. The van der Waals surface area contributed by atoms with Gasteiger partial charge in [0.05, 0.1) is 17.6 Å². The maximum atomic E-state index is 13.9. The smallest absolute Gasteiger partial charge is 0.190 e. The minimum atomic E-state index is -1.06. The highest BCUT2D eigenvalue weighted by Crippen LogP contribution is 2.64. The molecule has 1 unspecified atom stereocenters. The van der Waals surface area contributed by atoms with Crippen LogP contribution in [0.2, 0.25) is 0 Å². The van der Waals surface area contributed by atoms with E-state index in [2.05, 4.69) is 41.5 Å². The first kappa shape index (κ1) is 20.6. The Labute approximate surface area is 177 Å². The lowest BCUT2D eigenvalue weighted by atomic mass is 9.45. The molecule has 30 heavy (non-hydrogen) atoms. The van der Waals surface area contributed by atoms with Gasteiger partial charge >= 0.3 is 0 Å². The molecule has 2 N–H and O–H groups in total. The number of Topliss-reactive ketones (excluding diaryl/α,β-unsaturated/α-hetero) is 2. The molecule has 2 saturated carbocycles. The Morgan fingerprint density at radius 1 is 0.967 bits per heavy atom. The molecule has 4 fully saturated rings. The topological polar surface area (TPSA) is 99.7 Å². The van der Waals surface area contributed by atoms with Crippen LogP contribution in [0.25, 0.3) is 0 Å². The van der Waals surface area contributed by atoms with E-state index in [1.54, 1.807) is 0 Å². The molecule has 6 heteroatoms. The number of fused-ring (bicyclic) bond motifs is 5. The lowest BCUT2D eigenvalue weighted by Crippen LogP contribution is -2.65. The first-order valence-corrected chi connectivity index (χ1v) is 11.0. The fraction of sp³-hybridized carbons (Fsp3) is 0.750. The van der Waals surface area contributed by atoms with Gasteiger partial charge in [-0.2, -0.15) is 0 Å². The molecule has 10 atom stereocenters. The van der Waals surface area contributed by atoms with Crippen molar-refractivity contribution < 1.29 is 29.3 Å². The van der Waals surface area contributed by atoms with Gasteiger partial charge in [-0.25, -0.2) is 0 Å². The number of aliphatic hydroxyl groups is 2. The number of carbonyl (C=O) groups is 2. The third kappa shape index (κ3) is 2.63. The van der Waals surface area contributed by atoms with Gasteiger partial charge in [0.2, 0.25) is 0 Å². The van der Waals surface area contributed by atoms with Gasteiger partial charge in [0.15, 0.2) is 11.6 Å². The Kier molecular flexibility index (Phi) is 4.05. The summed E-state index contributed by atoms with van der Waals surface area (Å²) in [7, 11) is 0. The summed E-state index contributed by atoms with van der Waals surface area (Å²) in [5.41, 5.74) is -1.08. The van der Waals surface area contributed by atoms with Crippen molar-refractivity contribution in [2.75, 3.05) is 0 Å². The summed E-state index contributed by atoms with van der Waals surface area (Å²) in [4.78, 5) is 27.0. The minimum absolute atomic E-state index is 0.0444. The van der Waals surface area contributed by atoms with E-state index in [0.717, 1.165) is 0 Å². The first-order valence-electron chi connectivity index (χ1n) is 11.0. The van der Waals surface area contributed by atoms with Crippen LogP contribution in [0.4, 0.5) is 0 Å². The molecular formula is C24H32O6. The van der Waals surface area contributed by atoms with E-state index in [-0.39, 0.29) is 28.3 Å². The normalized spacial score (nSPS) is 49.7. The molecule has 6 nitrogen and oxygen atoms in total. The zero-order valence-electron chi connectivity index (χ0n) is 18.5. The summed E-state index contributed by atoms with van der Waals surface area (Å²) in [6.07, 6.45) is 1.71. The Hall–Kier alpha value is -1.34. The van der Waals surface area contributed by atoms with E-state index < -0.39 is 53.9 Å². The van der Waals surface area contributed by atoms with Gasteiger partial charge in [-0.05, 0) is 16.7 Å². The Morgan fingerprint density at radius 2 is 1.57 bits per heavy atom. The van der Waals surface area contributed by atoms with E-state index in [1.165, 1.54) is 0 Å². The third-order valence-electron chi connectivity index (χ3n) is 7.64. The van der Waals surface area contributed by atoms with Crippen LogP contribution in [0.15, 0.2) is 23.8 Å². The Morgan fingerprint density at radius 3 is 2.17 bits per heavy atom. The quantitative estimate of drug-likeness (QED) is 0.500. The highest BCUT2D eigenvalue weighted by atomic mass is 16.6. The van der Waals surface area contributed by atoms with E-state index in [0.29, 0.717) is 5.57 Å².